The van der Waals surface area contributed by atoms with Crippen LogP contribution in [0.15, 0.2) is 54.1 Å². The van der Waals surface area contributed by atoms with E-state index >= 15 is 0 Å². The molecule has 2 N–H and O–H groups in total. The lowest BCUT2D eigenvalue weighted by Crippen LogP contribution is -2.63. The highest BCUT2D eigenvalue weighted by molar-refractivity contribution is 6.12. The van der Waals surface area contributed by atoms with Crippen molar-refractivity contribution in [1.82, 2.24) is 25.3 Å². The molecule has 0 spiro atoms. The number of nitrogens with zero attached hydrogens (tertiary/aromatic N) is 3. The molecule has 2 rings (SSSR count). The van der Waals surface area contributed by atoms with Crippen molar-refractivity contribution in [1.29, 1.82) is 0 Å². The maximum absolute atomic E-state index is 14.7. The standard InChI is InChI=1S/C50H77N5O10/c1-32(2)37(31-33(3)42(59)51-36(45(62)64-48(7,8)9)27-26-35(56)25-21-18-22-30-55-38(57)28-29-39(55)58)53(15)44(61)40(47(4,5)6)52-43(60)41(54(16)46(63)65-49(10,11)12)50(13,14)34-23-19-17-20-24-34/h17,19-20,23-24,28-29,31-32,36-37,40-41H,18,21-22,25-27,30H2,1-16H3,(H,51,59)(H,52,60)/b33-31+/t36-,37-,40-,41-/m1/s1. The lowest BCUT2D eigenvalue weighted by molar-refractivity contribution is -0.158. The number of hydrogen-bond donors (Lipinski definition) is 2. The summed E-state index contributed by atoms with van der Waals surface area (Å²) in [5.41, 5.74) is -2.44. The highest BCUT2D eigenvalue weighted by atomic mass is 16.6. The second-order valence-electron chi connectivity index (χ2n) is 21.0. The van der Waals surface area contributed by atoms with Crippen molar-refractivity contribution in [2.24, 2.45) is 11.3 Å². The largest absolute Gasteiger partial charge is 0.458 e. The highest BCUT2D eigenvalue weighted by Gasteiger charge is 2.46. The first-order valence-corrected chi connectivity index (χ1v) is 22.6. The first-order valence-electron chi connectivity index (χ1n) is 22.6. The summed E-state index contributed by atoms with van der Waals surface area (Å²) in [6.45, 7) is 25.2. The molecule has 4 atom stereocenters. The molecule has 15 nitrogen and oxygen atoms in total. The molecule has 1 aromatic rings. The monoisotopic (exact) mass is 908 g/mol. The average Bonchev–Trinajstić information content (AvgIpc) is 3.50. The smallest absolute Gasteiger partial charge is 0.410 e. The van der Waals surface area contributed by atoms with Crippen molar-refractivity contribution in [3.05, 3.63) is 59.7 Å². The van der Waals surface area contributed by atoms with Crippen LogP contribution in [0.2, 0.25) is 0 Å². The molecule has 0 aliphatic carbocycles. The number of unbranched alkanes of at least 4 members (excludes halogenated alkanes) is 2. The first kappa shape index (κ1) is 55.8. The molecule has 6 amide bonds. The average molecular weight is 908 g/mol. The second kappa shape index (κ2) is 23.2. The van der Waals surface area contributed by atoms with Gasteiger partial charge in [-0.15, -0.1) is 0 Å². The van der Waals surface area contributed by atoms with Gasteiger partial charge in [0.05, 0.1) is 6.04 Å². The number of carbonyl (C=O) groups is 8. The van der Waals surface area contributed by atoms with Gasteiger partial charge in [-0.3, -0.25) is 38.6 Å². The fourth-order valence-electron chi connectivity index (χ4n) is 7.50. The number of benzene rings is 1. The second-order valence-corrected chi connectivity index (χ2v) is 21.0. The number of likely N-dealkylation sites (N-methyl/N-ethyl adjacent to an activating group) is 2. The van der Waals surface area contributed by atoms with Gasteiger partial charge in [-0.1, -0.05) is 91.3 Å². The van der Waals surface area contributed by atoms with Gasteiger partial charge >= 0.3 is 12.1 Å². The van der Waals surface area contributed by atoms with Crippen molar-refractivity contribution in [2.75, 3.05) is 20.6 Å². The molecule has 362 valence electrons. The lowest BCUT2D eigenvalue weighted by atomic mass is 9.76. The molecule has 0 aromatic heterocycles. The molecule has 65 heavy (non-hydrogen) atoms. The maximum Gasteiger partial charge on any atom is 0.410 e. The number of rotatable bonds is 21. The number of esters is 1. The third kappa shape index (κ3) is 17.2. The lowest BCUT2D eigenvalue weighted by Gasteiger charge is -2.42. The third-order valence-electron chi connectivity index (χ3n) is 11.1. The van der Waals surface area contributed by atoms with Gasteiger partial charge in [-0.2, -0.15) is 0 Å². The van der Waals surface area contributed by atoms with Crippen LogP contribution in [0.5, 0.6) is 0 Å². The van der Waals surface area contributed by atoms with Gasteiger partial charge in [-0.05, 0) is 84.6 Å². The number of hydrogen-bond acceptors (Lipinski definition) is 10. The van der Waals surface area contributed by atoms with Crippen molar-refractivity contribution in [2.45, 2.75) is 176 Å². The predicted octanol–water partition coefficient (Wildman–Crippen LogP) is 6.82. The molecule has 1 heterocycles. The van der Waals surface area contributed by atoms with E-state index in [1.807, 2.05) is 78.8 Å². The number of ether oxygens (including phenoxy) is 2. The van der Waals surface area contributed by atoms with E-state index in [1.165, 1.54) is 29.0 Å². The quantitative estimate of drug-likeness (QED) is 0.0574. The fraction of sp³-hybridized carbons (Fsp3) is 0.640. The molecule has 0 saturated heterocycles. The third-order valence-corrected chi connectivity index (χ3v) is 11.1. The molecule has 15 heteroatoms. The summed E-state index contributed by atoms with van der Waals surface area (Å²) < 4.78 is 11.3. The Morgan fingerprint density at radius 1 is 0.738 bits per heavy atom. The summed E-state index contributed by atoms with van der Waals surface area (Å²) in [6, 6.07) is 5.37. The van der Waals surface area contributed by atoms with Crippen LogP contribution < -0.4 is 10.6 Å². The first-order chi connectivity index (χ1) is 29.8. The maximum atomic E-state index is 14.7. The van der Waals surface area contributed by atoms with Crippen LogP contribution in [0.3, 0.4) is 0 Å². The Kier molecular flexibility index (Phi) is 19.9. The minimum Gasteiger partial charge on any atom is -0.458 e. The molecule has 1 aromatic carbocycles. The Bertz CT molecular complexity index is 1920. The van der Waals surface area contributed by atoms with Crippen LogP contribution in [-0.2, 0) is 48.5 Å². The summed E-state index contributed by atoms with van der Waals surface area (Å²) >= 11 is 0. The Morgan fingerprint density at radius 2 is 1.29 bits per heavy atom. The number of Topliss-reactive ketones (excluding diaryl/α,β-unsaturated/α-hetero) is 1. The zero-order valence-electron chi connectivity index (χ0n) is 41.9. The number of imide groups is 1. The molecule has 0 fully saturated rings. The molecule has 0 radical (unpaired) electrons. The van der Waals surface area contributed by atoms with E-state index in [0.717, 1.165) is 10.5 Å². The predicted molar refractivity (Wildman–Crippen MR) is 250 cm³/mol. The van der Waals surface area contributed by atoms with E-state index in [2.05, 4.69) is 10.6 Å². The molecule has 0 bridgehead atoms. The number of ketones is 1. The zero-order valence-corrected chi connectivity index (χ0v) is 41.9. The van der Waals surface area contributed by atoms with Crippen molar-refractivity contribution < 1.29 is 47.8 Å². The van der Waals surface area contributed by atoms with E-state index in [1.54, 1.807) is 61.6 Å². The van der Waals surface area contributed by atoms with E-state index in [-0.39, 0.29) is 54.9 Å². The van der Waals surface area contributed by atoms with E-state index in [9.17, 15) is 38.4 Å². The van der Waals surface area contributed by atoms with Crippen LogP contribution in [0.1, 0.15) is 141 Å². The number of nitrogens with one attached hydrogen (secondary N) is 2. The van der Waals surface area contributed by atoms with Gasteiger partial charge in [0.2, 0.25) is 17.7 Å². The van der Waals surface area contributed by atoms with Gasteiger partial charge in [-0.25, -0.2) is 9.59 Å². The van der Waals surface area contributed by atoms with Crippen molar-refractivity contribution >= 4 is 47.4 Å². The zero-order chi connectivity index (χ0) is 49.8. The minimum absolute atomic E-state index is 0.000631. The summed E-state index contributed by atoms with van der Waals surface area (Å²) in [7, 11) is 3.12. The van der Waals surface area contributed by atoms with E-state index in [4.69, 9.17) is 9.47 Å². The van der Waals surface area contributed by atoms with Crippen LogP contribution in [0.4, 0.5) is 4.79 Å². The number of amides is 6. The van der Waals surface area contributed by atoms with Gasteiger partial charge in [0, 0.05) is 56.6 Å². The summed E-state index contributed by atoms with van der Waals surface area (Å²) in [5.74, 6) is -3.27. The van der Waals surface area contributed by atoms with E-state index < -0.39 is 76.0 Å². The van der Waals surface area contributed by atoms with Gasteiger partial charge in [0.15, 0.2) is 0 Å². The van der Waals surface area contributed by atoms with Crippen LogP contribution in [0.25, 0.3) is 0 Å². The van der Waals surface area contributed by atoms with Crippen LogP contribution >= 0.6 is 0 Å². The summed E-state index contributed by atoms with van der Waals surface area (Å²) in [4.78, 5) is 110. The molecule has 1 aliphatic heterocycles. The SMILES string of the molecule is C/C(=C\[C@H](C(C)C)N(C)C(=O)[C@@H](NC(=O)[C@@H](N(C)C(=O)OC(C)(C)C)C(C)(C)c1ccccc1)C(C)(C)C)C(=O)N[C@H](CCC(=O)CCCCCN1C(=O)C=CC1=O)C(=O)OC(C)(C)C. The van der Waals surface area contributed by atoms with Gasteiger partial charge < -0.3 is 25.0 Å². The number of carbonyl (C=O) groups excluding carboxylic acids is 8. The van der Waals surface area contributed by atoms with E-state index in [0.29, 0.717) is 19.3 Å². The van der Waals surface area contributed by atoms with Crippen molar-refractivity contribution in [3.8, 4) is 0 Å². The molecular formula is C50H77N5O10. The molecule has 0 saturated carbocycles. The molecule has 1 aliphatic rings. The molecular weight excluding hydrogens is 831 g/mol. The Hall–Kier alpha value is -5.34. The van der Waals surface area contributed by atoms with Crippen LogP contribution in [0, 0.1) is 11.3 Å². The summed E-state index contributed by atoms with van der Waals surface area (Å²) in [6.07, 6.45) is 5.35. The van der Waals surface area contributed by atoms with Gasteiger partial charge in [0.1, 0.15) is 35.1 Å². The topological polar surface area (TPSA) is 189 Å². The molecule has 0 unspecified atom stereocenters. The Balaban J connectivity index is 2.32. The Morgan fingerprint density at radius 3 is 1.80 bits per heavy atom. The highest BCUT2D eigenvalue weighted by Crippen LogP contribution is 2.32. The van der Waals surface area contributed by atoms with Crippen LogP contribution in [-0.4, -0.2) is 118 Å². The fourth-order valence-corrected chi connectivity index (χ4v) is 7.50. The summed E-state index contributed by atoms with van der Waals surface area (Å²) in [5, 5.41) is 5.77. The van der Waals surface area contributed by atoms with Crippen molar-refractivity contribution in [3.63, 3.8) is 0 Å². The minimum atomic E-state index is -1.14. The van der Waals surface area contributed by atoms with Gasteiger partial charge in [0.25, 0.3) is 11.8 Å². The normalized spacial score (nSPS) is 15.5. The Labute approximate surface area is 387 Å².